The fourth-order valence-corrected chi connectivity index (χ4v) is 3.97. The number of sulfonamides is 1. The first-order valence-electron chi connectivity index (χ1n) is 9.79. The van der Waals surface area contributed by atoms with E-state index in [1.165, 1.54) is 0 Å². The number of alkyl halides is 3. The van der Waals surface area contributed by atoms with Gasteiger partial charge < -0.3 is 10.1 Å². The Morgan fingerprint density at radius 1 is 1.03 bits per heavy atom. The minimum atomic E-state index is -4.87. The van der Waals surface area contributed by atoms with Crippen molar-refractivity contribution in [1.29, 1.82) is 0 Å². The monoisotopic (exact) mass is 482 g/mol. The van der Waals surface area contributed by atoms with Crippen LogP contribution in [0.3, 0.4) is 0 Å². The zero-order valence-electron chi connectivity index (χ0n) is 17.2. The second kappa shape index (κ2) is 10.5. The second-order valence-electron chi connectivity index (χ2n) is 6.92. The van der Waals surface area contributed by atoms with Crippen molar-refractivity contribution in [2.24, 2.45) is 0 Å². The van der Waals surface area contributed by atoms with Gasteiger partial charge in [0.05, 0.1) is 11.4 Å². The van der Waals surface area contributed by atoms with Crippen LogP contribution in [0, 0.1) is 0 Å². The number of ether oxygens (including phenoxy) is 1. The lowest BCUT2D eigenvalue weighted by Crippen LogP contribution is -2.30. The summed E-state index contributed by atoms with van der Waals surface area (Å²) >= 11 is 0. The first kappa shape index (κ1) is 24.3. The van der Waals surface area contributed by atoms with Crippen LogP contribution in [0.25, 0.3) is 0 Å². The summed E-state index contributed by atoms with van der Waals surface area (Å²) in [6.45, 7) is 0.638. The van der Waals surface area contributed by atoms with E-state index in [-0.39, 0.29) is 30.3 Å². The first-order chi connectivity index (χ1) is 15.6. The van der Waals surface area contributed by atoms with E-state index in [1.807, 2.05) is 36.5 Å². The molecule has 33 heavy (non-hydrogen) atoms. The van der Waals surface area contributed by atoms with Crippen LogP contribution < -0.4 is 14.8 Å². The summed E-state index contributed by atoms with van der Waals surface area (Å²) in [4.78, 5) is 11.9. The van der Waals surface area contributed by atoms with Gasteiger partial charge in [-0.05, 0) is 41.5 Å². The van der Waals surface area contributed by atoms with Crippen molar-refractivity contribution in [3.05, 3.63) is 78.1 Å². The normalized spacial score (nSPS) is 11.8. The molecular formula is C21H21F3N4O4S. The second-order valence-corrected chi connectivity index (χ2v) is 8.68. The highest BCUT2D eigenvalue weighted by molar-refractivity contribution is 7.89. The Morgan fingerprint density at radius 2 is 1.73 bits per heavy atom. The number of hydrogen-bond acceptors (Lipinski definition) is 5. The van der Waals surface area contributed by atoms with Crippen molar-refractivity contribution in [2.75, 3.05) is 6.54 Å². The lowest BCUT2D eigenvalue weighted by Gasteiger charge is -2.12. The summed E-state index contributed by atoms with van der Waals surface area (Å²) < 4.78 is 68.9. The Hall–Kier alpha value is -3.38. The Morgan fingerprint density at radius 3 is 2.36 bits per heavy atom. The minimum Gasteiger partial charge on any atom is -0.406 e. The van der Waals surface area contributed by atoms with Crippen LogP contribution in [-0.2, 0) is 27.9 Å². The van der Waals surface area contributed by atoms with E-state index in [9.17, 15) is 26.4 Å². The number of aromatic nitrogens is 2. The number of carbonyl (C=O) groups excluding carboxylic acids is 1. The predicted octanol–water partition coefficient (Wildman–Crippen LogP) is 2.81. The molecule has 0 aliphatic carbocycles. The summed E-state index contributed by atoms with van der Waals surface area (Å²) in [6, 6.07) is 13.1. The molecule has 0 bridgehead atoms. The van der Waals surface area contributed by atoms with Crippen molar-refractivity contribution in [3.63, 3.8) is 0 Å². The Bertz CT molecular complexity index is 1160. The van der Waals surface area contributed by atoms with Crippen LogP contribution in [-0.4, -0.2) is 37.0 Å². The molecule has 0 saturated carbocycles. The van der Waals surface area contributed by atoms with E-state index in [0.29, 0.717) is 6.54 Å². The van der Waals surface area contributed by atoms with Crippen molar-refractivity contribution in [2.45, 2.75) is 30.8 Å². The largest absolute Gasteiger partial charge is 0.573 e. The average Bonchev–Trinajstić information content (AvgIpc) is 3.25. The maximum absolute atomic E-state index is 12.3. The Labute approximate surface area is 188 Å². The molecular weight excluding hydrogens is 461 g/mol. The fraction of sp³-hybridized carbons (Fsp3) is 0.238. The Kier molecular flexibility index (Phi) is 7.71. The highest BCUT2D eigenvalue weighted by Crippen LogP contribution is 2.23. The lowest BCUT2D eigenvalue weighted by atomic mass is 10.1. The third-order valence-electron chi connectivity index (χ3n) is 4.50. The number of amides is 1. The molecule has 1 aromatic heterocycles. The van der Waals surface area contributed by atoms with E-state index >= 15 is 0 Å². The topological polar surface area (TPSA) is 102 Å². The third-order valence-corrected chi connectivity index (χ3v) is 5.97. The van der Waals surface area contributed by atoms with Gasteiger partial charge in [0.1, 0.15) is 5.75 Å². The van der Waals surface area contributed by atoms with E-state index in [0.717, 1.165) is 35.4 Å². The first-order valence-corrected chi connectivity index (χ1v) is 11.3. The Balaban J connectivity index is 1.48. The molecule has 0 fully saturated rings. The summed E-state index contributed by atoms with van der Waals surface area (Å²) in [7, 11) is -4.00. The zero-order chi connectivity index (χ0) is 23.9. The van der Waals surface area contributed by atoms with Crippen molar-refractivity contribution >= 4 is 15.9 Å². The average molecular weight is 482 g/mol. The van der Waals surface area contributed by atoms with Crippen LogP contribution in [0.4, 0.5) is 13.2 Å². The van der Waals surface area contributed by atoms with E-state index in [1.54, 1.807) is 10.9 Å². The van der Waals surface area contributed by atoms with Gasteiger partial charge in [0, 0.05) is 31.9 Å². The summed E-state index contributed by atoms with van der Waals surface area (Å²) in [5.74, 6) is -0.894. The van der Waals surface area contributed by atoms with Crippen LogP contribution >= 0.6 is 0 Å². The molecule has 0 saturated heterocycles. The van der Waals surface area contributed by atoms with Gasteiger partial charge in [-0.1, -0.05) is 24.3 Å². The SMILES string of the molecule is O=C(CCNS(=O)(=O)c1ccc(OC(F)(F)F)cc1)NCc1ccccc1Cn1cccn1. The molecule has 2 aromatic carbocycles. The van der Waals surface area contributed by atoms with Crippen LogP contribution in [0.2, 0.25) is 0 Å². The van der Waals surface area contributed by atoms with E-state index < -0.39 is 22.1 Å². The van der Waals surface area contributed by atoms with Gasteiger partial charge in [-0.15, -0.1) is 13.2 Å². The van der Waals surface area contributed by atoms with Gasteiger partial charge in [0.15, 0.2) is 0 Å². The molecule has 3 rings (SSSR count). The van der Waals surface area contributed by atoms with Gasteiger partial charge in [-0.3, -0.25) is 9.48 Å². The van der Waals surface area contributed by atoms with Crippen LogP contribution in [0.1, 0.15) is 17.5 Å². The molecule has 1 heterocycles. The zero-order valence-corrected chi connectivity index (χ0v) is 18.1. The number of rotatable bonds is 10. The minimum absolute atomic E-state index is 0.115. The third kappa shape index (κ3) is 7.61. The van der Waals surface area contributed by atoms with Gasteiger partial charge >= 0.3 is 6.36 Å². The van der Waals surface area contributed by atoms with E-state index in [2.05, 4.69) is 19.9 Å². The molecule has 0 spiro atoms. The number of nitrogens with one attached hydrogen (secondary N) is 2. The quantitative estimate of drug-likeness (QED) is 0.463. The maximum Gasteiger partial charge on any atom is 0.573 e. The number of carbonyl (C=O) groups is 1. The molecule has 12 heteroatoms. The molecule has 2 N–H and O–H groups in total. The van der Waals surface area contributed by atoms with Gasteiger partial charge in [0.25, 0.3) is 0 Å². The van der Waals surface area contributed by atoms with Crippen LogP contribution in [0.5, 0.6) is 5.75 Å². The molecule has 176 valence electrons. The molecule has 0 unspecified atom stereocenters. The maximum atomic E-state index is 12.3. The molecule has 8 nitrogen and oxygen atoms in total. The molecule has 0 radical (unpaired) electrons. The molecule has 0 atom stereocenters. The number of nitrogens with zero attached hydrogens (tertiary/aromatic N) is 2. The molecule has 0 aliphatic rings. The highest BCUT2D eigenvalue weighted by atomic mass is 32.2. The summed E-state index contributed by atoms with van der Waals surface area (Å²) in [6.07, 6.45) is -1.48. The lowest BCUT2D eigenvalue weighted by molar-refractivity contribution is -0.274. The van der Waals surface area contributed by atoms with Crippen LogP contribution in [0.15, 0.2) is 71.9 Å². The smallest absolute Gasteiger partial charge is 0.406 e. The standard InChI is InChI=1S/C21H21F3N4O4S/c22-21(23,24)32-18-6-8-19(9-7-18)33(30,31)27-12-10-20(29)25-14-16-4-1-2-5-17(16)15-28-13-3-11-26-28/h1-9,11,13,27H,10,12,14-15H2,(H,25,29). The van der Waals surface area contributed by atoms with Gasteiger partial charge in [-0.2, -0.15) is 5.10 Å². The molecule has 3 aromatic rings. The number of hydrogen-bond donors (Lipinski definition) is 2. The fourth-order valence-electron chi connectivity index (χ4n) is 2.94. The predicted molar refractivity (Wildman–Crippen MR) is 113 cm³/mol. The number of halogens is 3. The summed E-state index contributed by atoms with van der Waals surface area (Å²) in [5.41, 5.74) is 1.89. The number of benzene rings is 2. The summed E-state index contributed by atoms with van der Waals surface area (Å²) in [5, 5.41) is 6.91. The highest BCUT2D eigenvalue weighted by Gasteiger charge is 2.31. The van der Waals surface area contributed by atoms with Crippen molar-refractivity contribution < 1.29 is 31.1 Å². The van der Waals surface area contributed by atoms with Crippen molar-refractivity contribution in [3.8, 4) is 5.75 Å². The van der Waals surface area contributed by atoms with Crippen molar-refractivity contribution in [1.82, 2.24) is 19.8 Å². The molecule has 1 amide bonds. The van der Waals surface area contributed by atoms with Gasteiger partial charge in [-0.25, -0.2) is 13.1 Å². The van der Waals surface area contributed by atoms with E-state index in [4.69, 9.17) is 0 Å². The molecule has 0 aliphatic heterocycles. The van der Waals surface area contributed by atoms with Gasteiger partial charge in [0.2, 0.25) is 15.9 Å².